The molecule has 0 saturated carbocycles. The monoisotopic (exact) mass is 475 g/mol. The maximum absolute atomic E-state index is 12.8. The molecular formula is C25H29N7OS. The van der Waals surface area contributed by atoms with Crippen LogP contribution in [0.3, 0.4) is 0 Å². The highest BCUT2D eigenvalue weighted by molar-refractivity contribution is 7.15. The second-order valence-electron chi connectivity index (χ2n) is 9.21. The number of nitrogens with two attached hydrogens (primary N) is 1. The van der Waals surface area contributed by atoms with Crippen LogP contribution in [0.4, 0.5) is 21.6 Å². The number of nitrogen functional groups attached to an aromatic ring is 1. The number of rotatable bonds is 6. The molecule has 176 valence electrons. The number of carbonyl (C=O) groups excluding carboxylic acids is 1. The summed E-state index contributed by atoms with van der Waals surface area (Å²) in [6, 6.07) is 13.4. The molecule has 0 unspecified atom stereocenters. The van der Waals surface area contributed by atoms with Crippen LogP contribution in [0, 0.1) is 6.92 Å². The molecule has 2 amide bonds. The van der Waals surface area contributed by atoms with Crippen molar-refractivity contribution in [2.24, 2.45) is 0 Å². The molecule has 34 heavy (non-hydrogen) atoms. The zero-order chi connectivity index (χ0) is 24.3. The Morgan fingerprint density at radius 2 is 1.82 bits per heavy atom. The molecule has 3 heterocycles. The zero-order valence-corrected chi connectivity index (χ0v) is 20.6. The van der Waals surface area contributed by atoms with E-state index in [2.05, 4.69) is 41.4 Å². The van der Waals surface area contributed by atoms with Crippen molar-refractivity contribution in [1.82, 2.24) is 19.7 Å². The van der Waals surface area contributed by atoms with Gasteiger partial charge in [-0.2, -0.15) is 5.10 Å². The normalized spacial score (nSPS) is 11.4. The van der Waals surface area contributed by atoms with Crippen LogP contribution in [-0.4, -0.2) is 25.8 Å². The lowest BCUT2D eigenvalue weighted by Gasteiger charge is -2.14. The molecule has 4 rings (SSSR count). The van der Waals surface area contributed by atoms with Gasteiger partial charge < -0.3 is 5.73 Å². The summed E-state index contributed by atoms with van der Waals surface area (Å²) in [6.07, 6.45) is 5.13. The molecule has 0 radical (unpaired) electrons. The van der Waals surface area contributed by atoms with Gasteiger partial charge in [0.1, 0.15) is 11.6 Å². The third-order valence-corrected chi connectivity index (χ3v) is 6.25. The minimum absolute atomic E-state index is 0.160. The van der Waals surface area contributed by atoms with Crippen LogP contribution in [-0.2, 0) is 18.3 Å². The maximum atomic E-state index is 12.8. The fraction of sp³-hybridized carbons (Fsp3) is 0.280. The standard InChI is InChI=1S/C25H29N7OS/c1-16-5-8-18(9-6-16)32-22(14-20(31-32)25(2,3)4)29-23(33)30-24-28-15-19(34-24)10-7-17-11-12-27-21(26)13-17/h5-6,8-9,11-15H,7,10H2,1-4H3,(H2,26,27)(H2,28,29,30,33). The zero-order valence-electron chi connectivity index (χ0n) is 19.8. The molecule has 4 aromatic rings. The largest absolute Gasteiger partial charge is 0.384 e. The number of urea groups is 1. The number of nitrogens with one attached hydrogen (secondary N) is 2. The highest BCUT2D eigenvalue weighted by Gasteiger charge is 2.21. The van der Waals surface area contributed by atoms with Crippen LogP contribution in [0.5, 0.6) is 0 Å². The second kappa shape index (κ2) is 9.64. The summed E-state index contributed by atoms with van der Waals surface area (Å²) in [5, 5.41) is 11.1. The maximum Gasteiger partial charge on any atom is 0.326 e. The Kier molecular flexibility index (Phi) is 6.65. The predicted molar refractivity (Wildman–Crippen MR) is 138 cm³/mol. The molecule has 0 spiro atoms. The lowest BCUT2D eigenvalue weighted by atomic mass is 9.92. The van der Waals surface area contributed by atoms with Crippen molar-refractivity contribution in [3.63, 3.8) is 0 Å². The topological polar surface area (TPSA) is 111 Å². The Morgan fingerprint density at radius 3 is 2.53 bits per heavy atom. The van der Waals surface area contributed by atoms with Crippen LogP contribution in [0.15, 0.2) is 54.9 Å². The molecule has 0 aliphatic rings. The van der Waals surface area contributed by atoms with Crippen molar-refractivity contribution in [2.45, 2.75) is 46.0 Å². The Hall–Kier alpha value is -3.72. The summed E-state index contributed by atoms with van der Waals surface area (Å²) in [6.45, 7) is 8.32. The van der Waals surface area contributed by atoms with Gasteiger partial charge >= 0.3 is 6.03 Å². The first-order valence-electron chi connectivity index (χ1n) is 11.1. The van der Waals surface area contributed by atoms with Crippen LogP contribution in [0.2, 0.25) is 0 Å². The molecule has 0 aliphatic heterocycles. The van der Waals surface area contributed by atoms with E-state index in [1.54, 1.807) is 17.1 Å². The summed E-state index contributed by atoms with van der Waals surface area (Å²) in [5.41, 5.74) is 9.63. The molecule has 8 nitrogen and oxygen atoms in total. The Morgan fingerprint density at radius 1 is 1.06 bits per heavy atom. The lowest BCUT2D eigenvalue weighted by molar-refractivity contribution is 0.262. The third-order valence-electron chi connectivity index (χ3n) is 5.28. The first-order chi connectivity index (χ1) is 16.2. The molecular weight excluding hydrogens is 446 g/mol. The average molecular weight is 476 g/mol. The number of nitrogens with zero attached hydrogens (tertiary/aromatic N) is 4. The van der Waals surface area contributed by atoms with Crippen molar-refractivity contribution in [3.8, 4) is 5.69 Å². The van der Waals surface area contributed by atoms with E-state index in [1.807, 2.05) is 49.4 Å². The average Bonchev–Trinajstić information content (AvgIpc) is 3.40. The van der Waals surface area contributed by atoms with Crippen LogP contribution >= 0.6 is 11.3 Å². The van der Waals surface area contributed by atoms with E-state index in [9.17, 15) is 4.79 Å². The number of benzene rings is 1. The van der Waals surface area contributed by atoms with Crippen molar-refractivity contribution in [3.05, 3.63) is 76.6 Å². The Balaban J connectivity index is 1.44. The number of aryl methyl sites for hydroxylation is 3. The molecule has 1 aromatic carbocycles. The Bertz CT molecular complexity index is 1290. The van der Waals surface area contributed by atoms with E-state index in [0.29, 0.717) is 16.8 Å². The van der Waals surface area contributed by atoms with Crippen molar-refractivity contribution in [1.29, 1.82) is 0 Å². The van der Waals surface area contributed by atoms with Crippen LogP contribution in [0.1, 0.15) is 42.5 Å². The fourth-order valence-corrected chi connectivity index (χ4v) is 4.17. The van der Waals surface area contributed by atoms with Gasteiger partial charge in [-0.3, -0.25) is 10.6 Å². The quantitative estimate of drug-likeness (QED) is 0.348. The first-order valence-corrected chi connectivity index (χ1v) is 11.9. The molecule has 9 heteroatoms. The van der Waals surface area contributed by atoms with Crippen LogP contribution < -0.4 is 16.4 Å². The summed E-state index contributed by atoms with van der Waals surface area (Å²) < 4.78 is 1.76. The highest BCUT2D eigenvalue weighted by Crippen LogP contribution is 2.27. The molecule has 0 fully saturated rings. The molecule has 0 saturated heterocycles. The number of anilines is 3. The highest BCUT2D eigenvalue weighted by atomic mass is 32.1. The van der Waals surface area contributed by atoms with Gasteiger partial charge in [0.05, 0.1) is 11.4 Å². The van der Waals surface area contributed by atoms with E-state index in [-0.39, 0.29) is 11.4 Å². The molecule has 0 bridgehead atoms. The van der Waals surface area contributed by atoms with Crippen molar-refractivity contribution >= 4 is 34.1 Å². The van der Waals surface area contributed by atoms with Gasteiger partial charge in [-0.05, 0) is 49.6 Å². The van der Waals surface area contributed by atoms with E-state index in [1.165, 1.54) is 11.3 Å². The van der Waals surface area contributed by atoms with Gasteiger partial charge in [0.25, 0.3) is 0 Å². The first kappa shape index (κ1) is 23.4. The lowest BCUT2D eigenvalue weighted by Crippen LogP contribution is -2.21. The van der Waals surface area contributed by atoms with E-state index in [4.69, 9.17) is 10.8 Å². The van der Waals surface area contributed by atoms with Gasteiger partial charge in [0.15, 0.2) is 5.13 Å². The smallest absolute Gasteiger partial charge is 0.326 e. The summed E-state index contributed by atoms with van der Waals surface area (Å²) in [5.74, 6) is 1.11. The van der Waals surface area contributed by atoms with Gasteiger partial charge in [-0.25, -0.2) is 19.4 Å². The number of aromatic nitrogens is 4. The molecule has 0 aliphatic carbocycles. The predicted octanol–water partition coefficient (Wildman–Crippen LogP) is 5.34. The number of hydrogen-bond donors (Lipinski definition) is 3. The summed E-state index contributed by atoms with van der Waals surface area (Å²) >= 11 is 1.45. The van der Waals surface area contributed by atoms with Crippen molar-refractivity contribution < 1.29 is 4.79 Å². The van der Waals surface area contributed by atoms with E-state index in [0.717, 1.165) is 40.2 Å². The minimum atomic E-state index is -0.364. The molecule has 3 aromatic heterocycles. The number of carbonyl (C=O) groups is 1. The van der Waals surface area contributed by atoms with Gasteiger partial charge in [-0.1, -0.05) is 38.5 Å². The molecule has 4 N–H and O–H groups in total. The van der Waals surface area contributed by atoms with Crippen molar-refractivity contribution in [2.75, 3.05) is 16.4 Å². The van der Waals surface area contributed by atoms with Gasteiger partial charge in [0, 0.05) is 28.8 Å². The second-order valence-corrected chi connectivity index (χ2v) is 10.3. The Labute approximate surface area is 203 Å². The summed E-state index contributed by atoms with van der Waals surface area (Å²) in [4.78, 5) is 22.2. The van der Waals surface area contributed by atoms with Gasteiger partial charge in [0.2, 0.25) is 0 Å². The summed E-state index contributed by atoms with van der Waals surface area (Å²) in [7, 11) is 0. The number of hydrogen-bond acceptors (Lipinski definition) is 6. The number of thiazole rings is 1. The van der Waals surface area contributed by atoms with E-state index < -0.39 is 0 Å². The minimum Gasteiger partial charge on any atom is -0.384 e. The SMILES string of the molecule is Cc1ccc(-n2nc(C(C)(C)C)cc2NC(=O)Nc2ncc(CCc3ccnc(N)c3)s2)cc1. The molecule has 0 atom stereocenters. The number of pyridine rings is 1. The van der Waals surface area contributed by atoms with Crippen LogP contribution in [0.25, 0.3) is 5.69 Å². The fourth-order valence-electron chi connectivity index (χ4n) is 3.36. The third kappa shape index (κ3) is 5.79. The number of amides is 2. The van der Waals surface area contributed by atoms with E-state index >= 15 is 0 Å². The van der Waals surface area contributed by atoms with Gasteiger partial charge in [-0.15, -0.1) is 11.3 Å².